The highest BCUT2D eigenvalue weighted by atomic mass is 32.2. The van der Waals surface area contributed by atoms with Gasteiger partial charge in [-0.2, -0.15) is 5.26 Å². The first-order valence-electron chi connectivity index (χ1n) is 7.48. The molecule has 0 saturated heterocycles. The van der Waals surface area contributed by atoms with E-state index in [-0.39, 0.29) is 5.54 Å². The van der Waals surface area contributed by atoms with Gasteiger partial charge in [-0.3, -0.25) is 5.32 Å². The first-order valence-corrected chi connectivity index (χ1v) is 8.47. The number of nitriles is 1. The molecular formula is C15H24N4S. The van der Waals surface area contributed by atoms with Crippen LogP contribution in [0.5, 0.6) is 0 Å². The molecule has 1 saturated carbocycles. The van der Waals surface area contributed by atoms with Crippen LogP contribution in [0, 0.1) is 17.2 Å². The van der Waals surface area contributed by atoms with Gasteiger partial charge < -0.3 is 4.57 Å². The van der Waals surface area contributed by atoms with Gasteiger partial charge in [0.1, 0.15) is 5.54 Å². The van der Waals surface area contributed by atoms with Crippen LogP contribution in [0.15, 0.2) is 17.6 Å². The van der Waals surface area contributed by atoms with E-state index in [1.807, 2.05) is 24.0 Å². The molecule has 0 amide bonds. The number of hydrogen-bond acceptors (Lipinski definition) is 4. The van der Waals surface area contributed by atoms with E-state index in [1.54, 1.807) is 11.8 Å². The van der Waals surface area contributed by atoms with Gasteiger partial charge in [-0.25, -0.2) is 4.98 Å². The van der Waals surface area contributed by atoms with Crippen LogP contribution in [-0.2, 0) is 7.05 Å². The Morgan fingerprint density at radius 3 is 3.15 bits per heavy atom. The molecule has 2 unspecified atom stereocenters. The van der Waals surface area contributed by atoms with E-state index < -0.39 is 0 Å². The fourth-order valence-electron chi connectivity index (χ4n) is 3.02. The van der Waals surface area contributed by atoms with E-state index in [4.69, 9.17) is 0 Å². The maximum Gasteiger partial charge on any atom is 0.167 e. The van der Waals surface area contributed by atoms with Crippen LogP contribution in [0.3, 0.4) is 0 Å². The average Bonchev–Trinajstić information content (AvgIpc) is 3.04. The molecule has 0 bridgehead atoms. The van der Waals surface area contributed by atoms with Gasteiger partial charge in [0, 0.05) is 25.2 Å². The Balaban J connectivity index is 1.87. The predicted molar refractivity (Wildman–Crippen MR) is 82.5 cm³/mol. The second kappa shape index (κ2) is 7.14. The van der Waals surface area contributed by atoms with Gasteiger partial charge in [-0.15, -0.1) is 0 Å². The number of rotatable bonds is 7. The summed E-state index contributed by atoms with van der Waals surface area (Å²) >= 11 is 1.79. The number of nitrogens with zero attached hydrogens (tertiary/aromatic N) is 3. The van der Waals surface area contributed by atoms with Gasteiger partial charge in [-0.05, 0) is 38.1 Å². The number of imidazole rings is 1. The minimum Gasteiger partial charge on any atom is -0.329 e. The number of nitrogens with one attached hydrogen (secondary N) is 1. The summed E-state index contributed by atoms with van der Waals surface area (Å²) in [5.41, 5.74) is -0.280. The quantitative estimate of drug-likeness (QED) is 0.785. The van der Waals surface area contributed by atoms with Crippen LogP contribution in [0.25, 0.3) is 0 Å². The van der Waals surface area contributed by atoms with Crippen molar-refractivity contribution in [2.45, 2.75) is 49.7 Å². The SMILES string of the molecule is CCCNC1(C#N)CCCC1CCSc1nccn1C. The van der Waals surface area contributed by atoms with E-state index in [1.165, 1.54) is 12.8 Å². The Morgan fingerprint density at radius 2 is 2.50 bits per heavy atom. The summed E-state index contributed by atoms with van der Waals surface area (Å²) in [6, 6.07) is 2.58. The van der Waals surface area contributed by atoms with E-state index in [0.717, 1.165) is 36.7 Å². The van der Waals surface area contributed by atoms with Gasteiger partial charge in [-0.1, -0.05) is 25.1 Å². The van der Waals surface area contributed by atoms with Gasteiger partial charge >= 0.3 is 0 Å². The molecule has 2 atom stereocenters. The highest BCUT2D eigenvalue weighted by molar-refractivity contribution is 7.99. The van der Waals surface area contributed by atoms with Crippen LogP contribution >= 0.6 is 11.8 Å². The van der Waals surface area contributed by atoms with Crippen molar-refractivity contribution in [1.29, 1.82) is 5.26 Å². The summed E-state index contributed by atoms with van der Waals surface area (Å²) in [7, 11) is 2.02. The van der Waals surface area contributed by atoms with Crippen LogP contribution < -0.4 is 5.32 Å². The Labute approximate surface area is 126 Å². The summed E-state index contributed by atoms with van der Waals surface area (Å²) in [4.78, 5) is 4.33. The lowest BCUT2D eigenvalue weighted by Crippen LogP contribution is -2.47. The molecule has 2 rings (SSSR count). The molecular weight excluding hydrogens is 268 g/mol. The lowest BCUT2D eigenvalue weighted by molar-refractivity contribution is 0.311. The van der Waals surface area contributed by atoms with Crippen LogP contribution in [-0.4, -0.2) is 27.4 Å². The molecule has 0 spiro atoms. The summed E-state index contributed by atoms with van der Waals surface area (Å²) in [5, 5.41) is 14.2. The average molecular weight is 292 g/mol. The minimum atomic E-state index is -0.280. The van der Waals surface area contributed by atoms with E-state index in [2.05, 4.69) is 23.3 Å². The third-order valence-electron chi connectivity index (χ3n) is 4.19. The molecule has 1 heterocycles. The monoisotopic (exact) mass is 292 g/mol. The van der Waals surface area contributed by atoms with Crippen molar-refractivity contribution in [3.8, 4) is 6.07 Å². The standard InChI is InChI=1S/C15H24N4S/c1-3-8-18-15(12-16)7-4-5-13(15)6-11-20-14-17-9-10-19(14)2/h9-10,13,18H,3-8,11H2,1-2H3. The van der Waals surface area contributed by atoms with Crippen molar-refractivity contribution < 1.29 is 0 Å². The number of hydrogen-bond donors (Lipinski definition) is 1. The number of aromatic nitrogens is 2. The third-order valence-corrected chi connectivity index (χ3v) is 5.28. The second-order valence-electron chi connectivity index (χ2n) is 5.56. The van der Waals surface area contributed by atoms with Crippen LogP contribution in [0.1, 0.15) is 39.0 Å². The van der Waals surface area contributed by atoms with E-state index in [9.17, 15) is 5.26 Å². The fraction of sp³-hybridized carbons (Fsp3) is 0.733. The summed E-state index contributed by atoms with van der Waals surface area (Å²) in [6.45, 7) is 3.09. The Hall–Kier alpha value is -0.990. The molecule has 20 heavy (non-hydrogen) atoms. The molecule has 1 aliphatic rings. The smallest absolute Gasteiger partial charge is 0.167 e. The zero-order chi connectivity index (χ0) is 14.4. The normalized spacial score (nSPS) is 25.8. The molecule has 1 N–H and O–H groups in total. The van der Waals surface area contributed by atoms with Crippen molar-refractivity contribution in [2.24, 2.45) is 13.0 Å². The molecule has 1 aliphatic carbocycles. The fourth-order valence-corrected chi connectivity index (χ4v) is 4.00. The van der Waals surface area contributed by atoms with Crippen molar-refractivity contribution in [3.63, 3.8) is 0 Å². The van der Waals surface area contributed by atoms with E-state index in [0.29, 0.717) is 5.92 Å². The lowest BCUT2D eigenvalue weighted by Gasteiger charge is -2.29. The maximum absolute atomic E-state index is 9.61. The molecule has 0 radical (unpaired) electrons. The minimum absolute atomic E-state index is 0.280. The van der Waals surface area contributed by atoms with Crippen LogP contribution in [0.4, 0.5) is 0 Å². The number of thioether (sulfide) groups is 1. The van der Waals surface area contributed by atoms with Crippen LogP contribution in [0.2, 0.25) is 0 Å². The highest BCUT2D eigenvalue weighted by Crippen LogP contribution is 2.38. The van der Waals surface area contributed by atoms with Gasteiger partial charge in [0.2, 0.25) is 0 Å². The summed E-state index contributed by atoms with van der Waals surface area (Å²) in [6.07, 6.45) is 9.31. The lowest BCUT2D eigenvalue weighted by atomic mass is 9.86. The number of aryl methyl sites for hydroxylation is 1. The molecule has 1 fully saturated rings. The van der Waals surface area contributed by atoms with Crippen molar-refractivity contribution in [3.05, 3.63) is 12.4 Å². The summed E-state index contributed by atoms with van der Waals surface area (Å²) < 4.78 is 2.05. The topological polar surface area (TPSA) is 53.6 Å². The van der Waals surface area contributed by atoms with Gasteiger partial charge in [0.15, 0.2) is 5.16 Å². The summed E-state index contributed by atoms with van der Waals surface area (Å²) in [5.74, 6) is 1.51. The van der Waals surface area contributed by atoms with E-state index >= 15 is 0 Å². The molecule has 110 valence electrons. The Kier molecular flexibility index (Phi) is 5.50. The molecule has 0 aliphatic heterocycles. The molecule has 5 heteroatoms. The largest absolute Gasteiger partial charge is 0.329 e. The van der Waals surface area contributed by atoms with Gasteiger partial charge in [0.25, 0.3) is 0 Å². The molecule has 1 aromatic heterocycles. The van der Waals surface area contributed by atoms with Crippen molar-refractivity contribution >= 4 is 11.8 Å². The first-order chi connectivity index (χ1) is 9.72. The molecule has 0 aromatic carbocycles. The zero-order valence-electron chi connectivity index (χ0n) is 12.4. The maximum atomic E-state index is 9.61. The van der Waals surface area contributed by atoms with Gasteiger partial charge in [0.05, 0.1) is 6.07 Å². The molecule has 1 aromatic rings. The van der Waals surface area contributed by atoms with Crippen molar-refractivity contribution in [1.82, 2.24) is 14.9 Å². The second-order valence-corrected chi connectivity index (χ2v) is 6.62. The Morgan fingerprint density at radius 1 is 1.65 bits per heavy atom. The highest BCUT2D eigenvalue weighted by Gasteiger charge is 2.42. The predicted octanol–water partition coefficient (Wildman–Crippen LogP) is 2.96. The van der Waals surface area contributed by atoms with Crippen molar-refractivity contribution in [2.75, 3.05) is 12.3 Å². The molecule has 4 nitrogen and oxygen atoms in total. The Bertz CT molecular complexity index is 465. The zero-order valence-corrected chi connectivity index (χ0v) is 13.2. The first kappa shape index (κ1) is 15.4. The third kappa shape index (κ3) is 3.36.